The Morgan fingerprint density at radius 1 is 1.18 bits per heavy atom. The van der Waals surface area contributed by atoms with Crippen LogP contribution in [0.5, 0.6) is 5.75 Å². The number of ether oxygens (including phenoxy) is 2. The molecular weight excluding hydrogens is 278 g/mol. The zero-order valence-corrected chi connectivity index (χ0v) is 13.8. The van der Waals surface area contributed by atoms with Crippen molar-refractivity contribution >= 4 is 0 Å². The summed E-state index contributed by atoms with van der Waals surface area (Å²) >= 11 is 0. The number of methoxy groups -OCH3 is 1. The maximum absolute atomic E-state index is 9.98. The molecule has 1 atom stereocenters. The van der Waals surface area contributed by atoms with Gasteiger partial charge in [-0.1, -0.05) is 19.1 Å². The van der Waals surface area contributed by atoms with E-state index in [-0.39, 0.29) is 0 Å². The average molecular weight is 307 g/mol. The summed E-state index contributed by atoms with van der Waals surface area (Å²) < 4.78 is 10.7. The molecule has 2 N–H and O–H groups in total. The molecule has 124 valence electrons. The van der Waals surface area contributed by atoms with Crippen molar-refractivity contribution in [2.75, 3.05) is 20.3 Å². The van der Waals surface area contributed by atoms with Gasteiger partial charge in [-0.3, -0.25) is 0 Å². The maximum Gasteiger partial charge on any atom is 0.118 e. The topological polar surface area (TPSA) is 50.7 Å². The Morgan fingerprint density at radius 2 is 1.86 bits per heavy atom. The van der Waals surface area contributed by atoms with Gasteiger partial charge in [-0.05, 0) is 49.3 Å². The molecule has 2 rings (SSSR count). The van der Waals surface area contributed by atoms with E-state index in [1.807, 2.05) is 24.3 Å². The van der Waals surface area contributed by atoms with Crippen molar-refractivity contribution < 1.29 is 14.6 Å². The Balaban J connectivity index is 1.58. The highest BCUT2D eigenvalue weighted by molar-refractivity contribution is 5.26. The Morgan fingerprint density at radius 3 is 2.50 bits per heavy atom. The van der Waals surface area contributed by atoms with Crippen LogP contribution >= 0.6 is 0 Å². The lowest BCUT2D eigenvalue weighted by atomic mass is 9.87. The van der Waals surface area contributed by atoms with E-state index in [4.69, 9.17) is 9.47 Å². The lowest BCUT2D eigenvalue weighted by Gasteiger charge is -2.27. The summed E-state index contributed by atoms with van der Waals surface area (Å²) in [6, 6.07) is 8.35. The van der Waals surface area contributed by atoms with E-state index in [1.54, 1.807) is 7.11 Å². The number of rotatable bonds is 8. The zero-order chi connectivity index (χ0) is 15.8. The molecule has 0 bridgehead atoms. The summed E-state index contributed by atoms with van der Waals surface area (Å²) in [7, 11) is 1.65. The van der Waals surface area contributed by atoms with Gasteiger partial charge >= 0.3 is 0 Å². The SMILES string of the molecule is COc1ccc(COC[C@H](O)CNC2CCC(C)CC2)cc1. The van der Waals surface area contributed by atoms with Gasteiger partial charge in [-0.15, -0.1) is 0 Å². The lowest BCUT2D eigenvalue weighted by molar-refractivity contribution is 0.0268. The van der Waals surface area contributed by atoms with E-state index < -0.39 is 6.10 Å². The van der Waals surface area contributed by atoms with Crippen molar-refractivity contribution in [3.8, 4) is 5.75 Å². The molecule has 1 aromatic carbocycles. The summed E-state index contributed by atoms with van der Waals surface area (Å²) in [4.78, 5) is 0. The van der Waals surface area contributed by atoms with Crippen LogP contribution in [-0.2, 0) is 11.3 Å². The average Bonchev–Trinajstić information content (AvgIpc) is 2.55. The van der Waals surface area contributed by atoms with Crippen molar-refractivity contribution in [3.05, 3.63) is 29.8 Å². The first kappa shape index (κ1) is 17.3. The van der Waals surface area contributed by atoms with Gasteiger partial charge in [0.05, 0.1) is 26.4 Å². The molecule has 0 radical (unpaired) electrons. The van der Waals surface area contributed by atoms with Gasteiger partial charge in [-0.25, -0.2) is 0 Å². The number of aliphatic hydroxyl groups is 1. The minimum absolute atomic E-state index is 0.363. The predicted octanol–water partition coefficient (Wildman–Crippen LogP) is 2.74. The quantitative estimate of drug-likeness (QED) is 0.775. The fourth-order valence-electron chi connectivity index (χ4n) is 2.86. The van der Waals surface area contributed by atoms with Crippen LogP contribution in [0.2, 0.25) is 0 Å². The van der Waals surface area contributed by atoms with E-state index >= 15 is 0 Å². The summed E-state index contributed by atoms with van der Waals surface area (Å²) in [6.45, 7) is 3.81. The smallest absolute Gasteiger partial charge is 0.118 e. The van der Waals surface area contributed by atoms with Gasteiger partial charge in [0, 0.05) is 12.6 Å². The summed E-state index contributed by atoms with van der Waals surface area (Å²) in [5, 5.41) is 13.4. The van der Waals surface area contributed by atoms with Crippen LogP contribution in [0.3, 0.4) is 0 Å². The van der Waals surface area contributed by atoms with Crippen LogP contribution in [0.15, 0.2) is 24.3 Å². The molecule has 4 heteroatoms. The molecule has 0 amide bonds. The highest BCUT2D eigenvalue weighted by Gasteiger charge is 2.18. The van der Waals surface area contributed by atoms with Crippen molar-refractivity contribution in [1.29, 1.82) is 0 Å². The second-order valence-electron chi connectivity index (χ2n) is 6.38. The summed E-state index contributed by atoms with van der Waals surface area (Å²) in [5.74, 6) is 1.70. The van der Waals surface area contributed by atoms with E-state index in [1.165, 1.54) is 25.7 Å². The molecule has 0 aliphatic heterocycles. The van der Waals surface area contributed by atoms with Crippen LogP contribution in [0.25, 0.3) is 0 Å². The molecule has 1 fully saturated rings. The van der Waals surface area contributed by atoms with Gasteiger partial charge < -0.3 is 19.9 Å². The number of hydrogen-bond donors (Lipinski definition) is 2. The molecule has 1 saturated carbocycles. The summed E-state index contributed by atoms with van der Waals surface area (Å²) in [6.07, 6.45) is 4.59. The van der Waals surface area contributed by atoms with Crippen LogP contribution < -0.4 is 10.1 Å². The van der Waals surface area contributed by atoms with Gasteiger partial charge in [0.25, 0.3) is 0 Å². The Bertz CT molecular complexity index is 413. The van der Waals surface area contributed by atoms with E-state index in [0.717, 1.165) is 17.2 Å². The fourth-order valence-corrected chi connectivity index (χ4v) is 2.86. The largest absolute Gasteiger partial charge is 0.497 e. The first-order valence-corrected chi connectivity index (χ1v) is 8.29. The molecule has 1 aliphatic carbocycles. The Hall–Kier alpha value is -1.10. The molecule has 1 aromatic rings. The zero-order valence-electron chi connectivity index (χ0n) is 13.8. The summed E-state index contributed by atoms with van der Waals surface area (Å²) in [5.41, 5.74) is 1.09. The molecule has 0 unspecified atom stereocenters. The number of hydrogen-bond acceptors (Lipinski definition) is 4. The standard InChI is InChI=1S/C18H29NO3/c1-14-3-7-16(8-4-14)19-11-17(20)13-22-12-15-5-9-18(21-2)10-6-15/h5-6,9-10,14,16-17,19-20H,3-4,7-8,11-13H2,1-2H3/t14?,16?,17-/m1/s1. The highest BCUT2D eigenvalue weighted by Crippen LogP contribution is 2.23. The van der Waals surface area contributed by atoms with Gasteiger partial charge in [0.15, 0.2) is 0 Å². The third kappa shape index (κ3) is 5.95. The van der Waals surface area contributed by atoms with Crippen molar-refractivity contribution in [2.45, 2.75) is 51.4 Å². The molecule has 4 nitrogen and oxygen atoms in total. The number of aliphatic hydroxyl groups excluding tert-OH is 1. The maximum atomic E-state index is 9.98. The van der Waals surface area contributed by atoms with E-state index in [2.05, 4.69) is 12.2 Å². The molecular formula is C18H29NO3. The molecule has 0 spiro atoms. The number of benzene rings is 1. The van der Waals surface area contributed by atoms with E-state index in [9.17, 15) is 5.11 Å². The van der Waals surface area contributed by atoms with E-state index in [0.29, 0.717) is 25.8 Å². The second kappa shape index (κ2) is 9.13. The molecule has 0 saturated heterocycles. The monoisotopic (exact) mass is 307 g/mol. The van der Waals surface area contributed by atoms with Crippen molar-refractivity contribution in [2.24, 2.45) is 5.92 Å². The molecule has 0 heterocycles. The van der Waals surface area contributed by atoms with Gasteiger partial charge in [-0.2, -0.15) is 0 Å². The fraction of sp³-hybridized carbons (Fsp3) is 0.667. The minimum atomic E-state index is -0.447. The molecule has 1 aliphatic rings. The first-order chi connectivity index (χ1) is 10.7. The molecule has 22 heavy (non-hydrogen) atoms. The van der Waals surface area contributed by atoms with Crippen LogP contribution in [0.1, 0.15) is 38.2 Å². The van der Waals surface area contributed by atoms with Crippen LogP contribution in [0, 0.1) is 5.92 Å². The lowest BCUT2D eigenvalue weighted by Crippen LogP contribution is -2.39. The first-order valence-electron chi connectivity index (χ1n) is 8.29. The molecule has 0 aromatic heterocycles. The normalized spacial score (nSPS) is 23.2. The van der Waals surface area contributed by atoms with Crippen molar-refractivity contribution in [3.63, 3.8) is 0 Å². The Kier molecular flexibility index (Phi) is 7.16. The third-order valence-corrected chi connectivity index (χ3v) is 4.40. The predicted molar refractivity (Wildman–Crippen MR) is 88.1 cm³/mol. The minimum Gasteiger partial charge on any atom is -0.497 e. The van der Waals surface area contributed by atoms with Crippen molar-refractivity contribution in [1.82, 2.24) is 5.32 Å². The van der Waals surface area contributed by atoms with Gasteiger partial charge in [0.2, 0.25) is 0 Å². The van der Waals surface area contributed by atoms with Crippen LogP contribution in [0.4, 0.5) is 0 Å². The van der Waals surface area contributed by atoms with Gasteiger partial charge in [0.1, 0.15) is 5.75 Å². The highest BCUT2D eigenvalue weighted by atomic mass is 16.5. The van der Waals surface area contributed by atoms with Crippen LogP contribution in [-0.4, -0.2) is 37.5 Å². The Labute approximate surface area is 133 Å². The third-order valence-electron chi connectivity index (χ3n) is 4.40. The number of nitrogens with one attached hydrogen (secondary N) is 1. The second-order valence-corrected chi connectivity index (χ2v) is 6.38.